The molecule has 0 saturated carbocycles. The van der Waals surface area contributed by atoms with E-state index in [1.165, 1.54) is 5.56 Å². The van der Waals surface area contributed by atoms with E-state index in [9.17, 15) is 0 Å². The van der Waals surface area contributed by atoms with Gasteiger partial charge in [-0.2, -0.15) is 0 Å². The van der Waals surface area contributed by atoms with Gasteiger partial charge in [-0.1, -0.05) is 41.1 Å². The van der Waals surface area contributed by atoms with Gasteiger partial charge in [-0.15, -0.1) is 11.6 Å². The monoisotopic (exact) mass is 304 g/mol. The molecule has 0 radical (unpaired) electrons. The van der Waals surface area contributed by atoms with Gasteiger partial charge in [-0.05, 0) is 29.9 Å². The number of benzene rings is 1. The van der Waals surface area contributed by atoms with E-state index in [0.29, 0.717) is 17.7 Å². The van der Waals surface area contributed by atoms with Crippen LogP contribution in [0.3, 0.4) is 0 Å². The third kappa shape index (κ3) is 4.08. The van der Waals surface area contributed by atoms with Gasteiger partial charge in [0, 0.05) is 24.1 Å². The van der Waals surface area contributed by atoms with Crippen LogP contribution in [0.15, 0.2) is 28.7 Å². The highest BCUT2D eigenvalue weighted by Crippen LogP contribution is 2.24. The molecule has 0 saturated heterocycles. The maximum atomic E-state index is 6.03. The third-order valence-electron chi connectivity index (χ3n) is 2.87. The Morgan fingerprint density at radius 2 is 2.06 bits per heavy atom. The number of hydrogen-bond acceptors (Lipinski definition) is 1. The smallest absolute Gasteiger partial charge is 0.0491 e. The molecule has 0 N–H and O–H groups in total. The number of rotatable bonds is 6. The Bertz CT molecular complexity index is 317. The molecule has 90 valence electrons. The average molecular weight is 306 g/mol. The zero-order chi connectivity index (χ0) is 12.0. The van der Waals surface area contributed by atoms with Gasteiger partial charge in [-0.25, -0.2) is 0 Å². The van der Waals surface area contributed by atoms with Crippen molar-refractivity contribution in [2.24, 2.45) is 11.8 Å². The fraction of sp³-hybridized carbons (Fsp3) is 0.538. The van der Waals surface area contributed by atoms with Crippen LogP contribution in [-0.2, 0) is 11.2 Å². The minimum atomic E-state index is 0.459. The first kappa shape index (κ1) is 14.0. The minimum absolute atomic E-state index is 0.459. The molecule has 0 fully saturated rings. The fourth-order valence-electron chi connectivity index (χ4n) is 1.75. The van der Waals surface area contributed by atoms with Gasteiger partial charge >= 0.3 is 0 Å². The first-order chi connectivity index (χ1) is 7.69. The van der Waals surface area contributed by atoms with Gasteiger partial charge in [0.25, 0.3) is 0 Å². The Morgan fingerprint density at radius 3 is 2.62 bits per heavy atom. The first-order valence-corrected chi connectivity index (χ1v) is 6.80. The lowest BCUT2D eigenvalue weighted by molar-refractivity contribution is 0.135. The summed E-state index contributed by atoms with van der Waals surface area (Å²) < 4.78 is 6.35. The molecule has 0 aliphatic rings. The summed E-state index contributed by atoms with van der Waals surface area (Å²) in [6.45, 7) is 2.95. The van der Waals surface area contributed by atoms with Crippen molar-refractivity contribution in [2.75, 3.05) is 19.6 Å². The summed E-state index contributed by atoms with van der Waals surface area (Å²) in [7, 11) is 1.74. The van der Waals surface area contributed by atoms with Gasteiger partial charge in [0.05, 0.1) is 0 Å². The maximum absolute atomic E-state index is 6.03. The molecule has 1 rings (SSSR count). The maximum Gasteiger partial charge on any atom is 0.0491 e. The highest BCUT2D eigenvalue weighted by molar-refractivity contribution is 9.10. The molecule has 2 atom stereocenters. The van der Waals surface area contributed by atoms with Crippen LogP contribution in [0, 0.1) is 11.8 Å². The summed E-state index contributed by atoms with van der Waals surface area (Å²) in [5.41, 5.74) is 1.32. The van der Waals surface area contributed by atoms with Gasteiger partial charge in [0.1, 0.15) is 0 Å². The van der Waals surface area contributed by atoms with Crippen LogP contribution >= 0.6 is 27.5 Å². The SMILES string of the molecule is COCC(C)C(CCl)Cc1ccccc1Br. The zero-order valence-corrected chi connectivity index (χ0v) is 12.1. The van der Waals surface area contributed by atoms with Gasteiger partial charge in [-0.3, -0.25) is 0 Å². The average Bonchev–Trinajstić information content (AvgIpc) is 2.28. The quantitative estimate of drug-likeness (QED) is 0.718. The van der Waals surface area contributed by atoms with E-state index in [-0.39, 0.29) is 0 Å². The molecule has 16 heavy (non-hydrogen) atoms. The Labute approximate surface area is 111 Å². The largest absolute Gasteiger partial charge is 0.384 e. The molecule has 0 spiro atoms. The van der Waals surface area contributed by atoms with Crippen molar-refractivity contribution in [2.45, 2.75) is 13.3 Å². The number of halogens is 2. The van der Waals surface area contributed by atoms with Crippen LogP contribution in [0.4, 0.5) is 0 Å². The van der Waals surface area contributed by atoms with Gasteiger partial charge in [0.2, 0.25) is 0 Å². The second-order valence-electron chi connectivity index (χ2n) is 4.14. The van der Waals surface area contributed by atoms with Crippen LogP contribution in [0.5, 0.6) is 0 Å². The van der Waals surface area contributed by atoms with Crippen molar-refractivity contribution in [1.29, 1.82) is 0 Å². The molecule has 1 aromatic rings. The molecule has 0 aliphatic carbocycles. The highest BCUT2D eigenvalue weighted by Gasteiger charge is 2.17. The van der Waals surface area contributed by atoms with Gasteiger partial charge in [0.15, 0.2) is 0 Å². The van der Waals surface area contributed by atoms with E-state index < -0.39 is 0 Å². The number of hydrogen-bond donors (Lipinski definition) is 0. The van der Waals surface area contributed by atoms with E-state index in [2.05, 4.69) is 41.1 Å². The van der Waals surface area contributed by atoms with E-state index in [0.717, 1.165) is 17.5 Å². The number of methoxy groups -OCH3 is 1. The second-order valence-corrected chi connectivity index (χ2v) is 5.31. The van der Waals surface area contributed by atoms with Crippen LogP contribution in [0.25, 0.3) is 0 Å². The van der Waals surface area contributed by atoms with E-state index in [1.54, 1.807) is 7.11 Å². The molecular weight excluding hydrogens is 287 g/mol. The van der Waals surface area contributed by atoms with Crippen LogP contribution in [0.1, 0.15) is 12.5 Å². The van der Waals surface area contributed by atoms with E-state index in [4.69, 9.17) is 16.3 Å². The standard InChI is InChI=1S/C13H18BrClO/c1-10(9-16-2)12(8-15)7-11-5-3-4-6-13(11)14/h3-6,10,12H,7-9H2,1-2H3. The summed E-state index contributed by atoms with van der Waals surface area (Å²) >= 11 is 9.60. The molecule has 1 aromatic carbocycles. The summed E-state index contributed by atoms with van der Waals surface area (Å²) in [4.78, 5) is 0. The topological polar surface area (TPSA) is 9.23 Å². The molecule has 0 amide bonds. The summed E-state index contributed by atoms with van der Waals surface area (Å²) in [5, 5.41) is 0. The number of alkyl halides is 1. The second kappa shape index (κ2) is 7.31. The summed E-state index contributed by atoms with van der Waals surface area (Å²) in [6.07, 6.45) is 0.995. The predicted molar refractivity (Wildman–Crippen MR) is 73.1 cm³/mol. The lowest BCUT2D eigenvalue weighted by Gasteiger charge is -2.21. The Morgan fingerprint density at radius 1 is 1.38 bits per heavy atom. The molecule has 1 nitrogen and oxygen atoms in total. The molecular formula is C13H18BrClO. The zero-order valence-electron chi connectivity index (χ0n) is 9.75. The first-order valence-electron chi connectivity index (χ1n) is 5.47. The molecule has 2 unspecified atom stereocenters. The van der Waals surface area contributed by atoms with Gasteiger partial charge < -0.3 is 4.74 Å². The molecule has 3 heteroatoms. The van der Waals surface area contributed by atoms with Crippen LogP contribution < -0.4 is 0 Å². The third-order valence-corrected chi connectivity index (χ3v) is 4.04. The van der Waals surface area contributed by atoms with E-state index in [1.807, 2.05) is 6.07 Å². The summed E-state index contributed by atoms with van der Waals surface area (Å²) in [5.74, 6) is 1.61. The molecule has 0 aliphatic heterocycles. The van der Waals surface area contributed by atoms with Crippen LogP contribution in [-0.4, -0.2) is 19.6 Å². The summed E-state index contributed by atoms with van der Waals surface area (Å²) in [6, 6.07) is 8.30. The highest BCUT2D eigenvalue weighted by atomic mass is 79.9. The van der Waals surface area contributed by atoms with Crippen LogP contribution in [0.2, 0.25) is 0 Å². The van der Waals surface area contributed by atoms with Crippen molar-refractivity contribution in [3.8, 4) is 0 Å². The fourth-order valence-corrected chi connectivity index (χ4v) is 2.61. The Balaban J connectivity index is 2.66. The lowest BCUT2D eigenvalue weighted by atomic mass is 9.90. The van der Waals surface area contributed by atoms with E-state index >= 15 is 0 Å². The van der Waals surface area contributed by atoms with Crippen molar-refractivity contribution in [1.82, 2.24) is 0 Å². The van der Waals surface area contributed by atoms with Crippen molar-refractivity contribution < 1.29 is 4.74 Å². The molecule has 0 heterocycles. The van der Waals surface area contributed by atoms with Crippen molar-refractivity contribution >= 4 is 27.5 Å². The predicted octanol–water partition coefficient (Wildman–Crippen LogP) is 4.13. The minimum Gasteiger partial charge on any atom is -0.384 e. The molecule has 0 aromatic heterocycles. The lowest BCUT2D eigenvalue weighted by Crippen LogP contribution is -2.20. The van der Waals surface area contributed by atoms with Crippen molar-refractivity contribution in [3.63, 3.8) is 0 Å². The number of ether oxygens (including phenoxy) is 1. The molecule has 0 bridgehead atoms. The van der Waals surface area contributed by atoms with Crippen molar-refractivity contribution in [3.05, 3.63) is 34.3 Å². The Kier molecular flexibility index (Phi) is 6.40. The Hall–Kier alpha value is -0.0500. The normalized spacial score (nSPS) is 14.8.